The fourth-order valence-electron chi connectivity index (χ4n) is 1.78. The molecular formula is C14H9Cl2NaO3. The zero-order valence-corrected chi connectivity index (χ0v) is 14.2. The van der Waals surface area contributed by atoms with Gasteiger partial charge in [0.25, 0.3) is 0 Å². The fraction of sp³-hybridized carbons (Fsp3) is 0.0714. The minimum Gasteiger partial charge on any atom is -0.546 e. The SMILES string of the molecule is O=C([O-])C(O)(c1ccc(Cl)cc1)c1ccc(Cl)cc1.[Na+]. The molecule has 3 nitrogen and oxygen atoms in total. The first-order chi connectivity index (χ1) is 8.94. The number of aliphatic carboxylic acids is 1. The largest absolute Gasteiger partial charge is 1.00 e. The van der Waals surface area contributed by atoms with Crippen LogP contribution in [0, 0.1) is 0 Å². The van der Waals surface area contributed by atoms with Gasteiger partial charge in [0, 0.05) is 10.0 Å². The number of hydrogen-bond donors (Lipinski definition) is 1. The van der Waals surface area contributed by atoms with Crippen LogP contribution in [0.25, 0.3) is 0 Å². The van der Waals surface area contributed by atoms with Crippen LogP contribution in [0.4, 0.5) is 0 Å². The van der Waals surface area contributed by atoms with Gasteiger partial charge in [0.2, 0.25) is 0 Å². The van der Waals surface area contributed by atoms with E-state index >= 15 is 0 Å². The standard InChI is InChI=1S/C14H10Cl2O3.Na/c15-11-5-1-9(2-6-11)14(19,13(17)18)10-3-7-12(16)8-4-10;/h1-8,19H,(H,17,18);/q;+1/p-1. The molecule has 0 amide bonds. The van der Waals surface area contributed by atoms with Crippen molar-refractivity contribution in [2.24, 2.45) is 0 Å². The summed E-state index contributed by atoms with van der Waals surface area (Å²) in [6.07, 6.45) is 0. The molecule has 6 heteroatoms. The summed E-state index contributed by atoms with van der Waals surface area (Å²) in [5.74, 6) is -1.61. The number of carboxylic acids is 1. The Morgan fingerprint density at radius 2 is 1.20 bits per heavy atom. The summed E-state index contributed by atoms with van der Waals surface area (Å²) in [4.78, 5) is 11.4. The Morgan fingerprint density at radius 3 is 1.45 bits per heavy atom. The summed E-state index contributed by atoms with van der Waals surface area (Å²) in [6.45, 7) is 0. The number of halogens is 2. The van der Waals surface area contributed by atoms with Gasteiger partial charge >= 0.3 is 29.6 Å². The van der Waals surface area contributed by atoms with E-state index in [2.05, 4.69) is 0 Å². The first-order valence-electron chi connectivity index (χ1n) is 5.40. The Morgan fingerprint density at radius 1 is 0.900 bits per heavy atom. The predicted octanol–water partition coefficient (Wildman–Crippen LogP) is -1.02. The van der Waals surface area contributed by atoms with E-state index in [0.29, 0.717) is 10.0 Å². The molecule has 2 rings (SSSR count). The Hall–Kier alpha value is -0.550. The van der Waals surface area contributed by atoms with Crippen LogP contribution in [-0.4, -0.2) is 11.1 Å². The van der Waals surface area contributed by atoms with E-state index in [1.54, 1.807) is 0 Å². The molecule has 0 aromatic heterocycles. The van der Waals surface area contributed by atoms with Gasteiger partial charge in [-0.3, -0.25) is 0 Å². The average molecular weight is 319 g/mol. The van der Waals surface area contributed by atoms with Crippen LogP contribution in [-0.2, 0) is 10.4 Å². The molecule has 0 aliphatic carbocycles. The first-order valence-corrected chi connectivity index (χ1v) is 6.16. The number of carbonyl (C=O) groups is 1. The number of hydrogen-bond acceptors (Lipinski definition) is 3. The normalized spacial score (nSPS) is 10.8. The Bertz CT molecular complexity index is 551. The molecule has 0 bridgehead atoms. The number of carboxylic acid groups (broad SMARTS) is 1. The van der Waals surface area contributed by atoms with Gasteiger partial charge in [0.15, 0.2) is 5.60 Å². The molecule has 0 atom stereocenters. The summed E-state index contributed by atoms with van der Waals surface area (Å²) in [6, 6.07) is 11.8. The molecule has 0 aliphatic rings. The molecule has 0 radical (unpaired) electrons. The minimum absolute atomic E-state index is 0. The third kappa shape index (κ3) is 3.37. The van der Waals surface area contributed by atoms with Crippen molar-refractivity contribution in [1.82, 2.24) is 0 Å². The second-order valence-electron chi connectivity index (χ2n) is 4.01. The molecule has 0 heterocycles. The van der Waals surface area contributed by atoms with Crippen molar-refractivity contribution in [2.75, 3.05) is 0 Å². The van der Waals surface area contributed by atoms with E-state index in [0.717, 1.165) is 0 Å². The van der Waals surface area contributed by atoms with E-state index in [4.69, 9.17) is 23.2 Å². The Labute approximate surface area is 148 Å². The van der Waals surface area contributed by atoms with Crippen molar-refractivity contribution < 1.29 is 44.6 Å². The van der Waals surface area contributed by atoms with Gasteiger partial charge in [-0.2, -0.15) is 0 Å². The molecule has 20 heavy (non-hydrogen) atoms. The molecule has 0 aliphatic heterocycles. The van der Waals surface area contributed by atoms with Crippen LogP contribution in [0.3, 0.4) is 0 Å². The van der Waals surface area contributed by atoms with Crippen LogP contribution < -0.4 is 34.7 Å². The van der Waals surface area contributed by atoms with Gasteiger partial charge in [0.05, 0.1) is 5.97 Å². The third-order valence-corrected chi connectivity index (χ3v) is 3.32. The van der Waals surface area contributed by atoms with Gasteiger partial charge in [-0.1, -0.05) is 47.5 Å². The molecule has 0 spiro atoms. The number of rotatable bonds is 3. The topological polar surface area (TPSA) is 60.4 Å². The Kier molecular flexibility index (Phi) is 6.07. The molecule has 2 aromatic carbocycles. The first kappa shape index (κ1) is 17.5. The van der Waals surface area contributed by atoms with Crippen LogP contribution >= 0.6 is 23.2 Å². The van der Waals surface area contributed by atoms with E-state index in [1.807, 2.05) is 0 Å². The van der Waals surface area contributed by atoms with Crippen molar-refractivity contribution in [1.29, 1.82) is 0 Å². The zero-order chi connectivity index (χ0) is 14.0. The molecule has 2 aromatic rings. The molecule has 0 unspecified atom stereocenters. The number of benzene rings is 2. The van der Waals surface area contributed by atoms with Crippen LogP contribution in [0.5, 0.6) is 0 Å². The average Bonchev–Trinajstić information content (AvgIpc) is 2.39. The van der Waals surface area contributed by atoms with Gasteiger partial charge in [-0.05, 0) is 35.4 Å². The van der Waals surface area contributed by atoms with Gasteiger partial charge in [0.1, 0.15) is 0 Å². The Balaban J connectivity index is 0.00000200. The number of aliphatic hydroxyl groups is 1. The second kappa shape index (κ2) is 6.94. The predicted molar refractivity (Wildman–Crippen MR) is 70.9 cm³/mol. The van der Waals surface area contributed by atoms with Crippen molar-refractivity contribution >= 4 is 29.2 Å². The molecular weight excluding hydrogens is 310 g/mol. The van der Waals surface area contributed by atoms with Crippen LogP contribution in [0.1, 0.15) is 11.1 Å². The van der Waals surface area contributed by atoms with Crippen molar-refractivity contribution in [3.63, 3.8) is 0 Å². The summed E-state index contributed by atoms with van der Waals surface area (Å²) in [5, 5.41) is 22.7. The van der Waals surface area contributed by atoms with E-state index in [-0.39, 0.29) is 40.7 Å². The molecule has 0 fully saturated rings. The summed E-state index contributed by atoms with van der Waals surface area (Å²) >= 11 is 11.5. The van der Waals surface area contributed by atoms with Gasteiger partial charge in [-0.15, -0.1) is 0 Å². The van der Waals surface area contributed by atoms with Crippen molar-refractivity contribution in [3.8, 4) is 0 Å². The fourth-order valence-corrected chi connectivity index (χ4v) is 2.04. The van der Waals surface area contributed by atoms with E-state index in [1.165, 1.54) is 48.5 Å². The molecule has 0 saturated heterocycles. The number of carbonyl (C=O) groups excluding carboxylic acids is 1. The monoisotopic (exact) mass is 318 g/mol. The minimum atomic E-state index is -2.24. The third-order valence-electron chi connectivity index (χ3n) is 2.82. The van der Waals surface area contributed by atoms with Crippen molar-refractivity contribution in [3.05, 3.63) is 69.7 Å². The van der Waals surface area contributed by atoms with Crippen LogP contribution in [0.2, 0.25) is 10.0 Å². The van der Waals surface area contributed by atoms with Gasteiger partial charge in [-0.25, -0.2) is 0 Å². The maximum Gasteiger partial charge on any atom is 1.00 e. The maximum atomic E-state index is 11.4. The summed E-state index contributed by atoms with van der Waals surface area (Å²) in [5.41, 5.74) is -1.91. The van der Waals surface area contributed by atoms with Crippen LogP contribution in [0.15, 0.2) is 48.5 Å². The molecule has 1 N–H and O–H groups in total. The summed E-state index contributed by atoms with van der Waals surface area (Å²) < 4.78 is 0. The van der Waals surface area contributed by atoms with E-state index < -0.39 is 11.6 Å². The quantitative estimate of drug-likeness (QED) is 0.737. The van der Waals surface area contributed by atoms with E-state index in [9.17, 15) is 15.0 Å². The van der Waals surface area contributed by atoms with Gasteiger partial charge < -0.3 is 15.0 Å². The summed E-state index contributed by atoms with van der Waals surface area (Å²) in [7, 11) is 0. The van der Waals surface area contributed by atoms with Crippen molar-refractivity contribution in [2.45, 2.75) is 5.60 Å². The maximum absolute atomic E-state index is 11.4. The smallest absolute Gasteiger partial charge is 0.546 e. The second-order valence-corrected chi connectivity index (χ2v) is 4.88. The molecule has 0 saturated carbocycles. The molecule has 98 valence electrons. The zero-order valence-electron chi connectivity index (χ0n) is 10.6.